The second-order valence-corrected chi connectivity index (χ2v) is 31.3. The molecule has 24 heteroatoms. The number of carbonyl (C=O) groups excluding carboxylic acids is 4. The fourth-order valence-electron chi connectivity index (χ4n) is 11.5. The van der Waals surface area contributed by atoms with Crippen LogP contribution in [0.15, 0.2) is 194 Å². The maximum atomic E-state index is 10.8. The molecule has 0 aromatic heterocycles. The highest BCUT2D eigenvalue weighted by molar-refractivity contribution is 5.67. The van der Waals surface area contributed by atoms with Crippen molar-refractivity contribution in [3.05, 3.63) is 239 Å². The molecule has 0 heterocycles. The summed E-state index contributed by atoms with van der Waals surface area (Å²) in [5.41, 5.74) is 8.10. The number of rotatable bonds is 44. The van der Waals surface area contributed by atoms with E-state index >= 15 is 0 Å². The van der Waals surface area contributed by atoms with Gasteiger partial charge in [0.2, 0.25) is 0 Å². The summed E-state index contributed by atoms with van der Waals surface area (Å²) in [6.45, 7) is 31.0. The Labute approximate surface area is 708 Å². The first kappa shape index (κ1) is 100. The number of benzene rings is 8. The van der Waals surface area contributed by atoms with Gasteiger partial charge >= 0.3 is 23.9 Å². The standard InChI is InChI=1S/4C24H32O6/c4*1-5-20(26)14-29-22-10-6-18(7-11-22)24(3,4)19-8-12-23(13-9-19)30-16-21(27)15-28-17(2)25/h4*6-13,20-21,26-27H,5,14-16H2,1-4H3/t2*20-,21+;20-,21-;/m101./s1. The summed E-state index contributed by atoms with van der Waals surface area (Å²) in [5.74, 6) is 3.75. The Kier molecular flexibility index (Phi) is 42.4. The van der Waals surface area contributed by atoms with Gasteiger partial charge in [-0.1, -0.05) is 180 Å². The molecule has 2 unspecified atom stereocenters. The zero-order valence-electron chi connectivity index (χ0n) is 72.5. The number of esters is 4. The van der Waals surface area contributed by atoms with Gasteiger partial charge in [0.25, 0.3) is 0 Å². The fourth-order valence-corrected chi connectivity index (χ4v) is 11.5. The van der Waals surface area contributed by atoms with Crippen LogP contribution in [0.1, 0.15) is 181 Å². The molecule has 8 N–H and O–H groups in total. The van der Waals surface area contributed by atoms with Crippen LogP contribution in [0.3, 0.4) is 0 Å². The van der Waals surface area contributed by atoms with Gasteiger partial charge in [0, 0.05) is 49.4 Å². The Morgan fingerprint density at radius 3 is 0.417 bits per heavy atom. The third-order valence-electron chi connectivity index (χ3n) is 19.9. The van der Waals surface area contributed by atoms with E-state index in [0.717, 1.165) is 67.5 Å². The van der Waals surface area contributed by atoms with Crippen LogP contribution in [0.25, 0.3) is 0 Å². The largest absolute Gasteiger partial charge is 0.491 e. The quantitative estimate of drug-likeness (QED) is 0.0130. The lowest BCUT2D eigenvalue weighted by Crippen LogP contribution is -2.24. The van der Waals surface area contributed by atoms with Crippen molar-refractivity contribution in [3.8, 4) is 46.0 Å². The molecule has 0 aliphatic carbocycles. The topological polar surface area (TPSA) is 341 Å². The summed E-state index contributed by atoms with van der Waals surface area (Å²) in [7, 11) is 0. The first-order chi connectivity index (χ1) is 56.9. The van der Waals surface area contributed by atoms with Crippen LogP contribution in [0.2, 0.25) is 0 Å². The van der Waals surface area contributed by atoms with E-state index in [1.54, 1.807) is 0 Å². The SMILES string of the molecule is CCC(O)COc1ccc(C(C)(C)c2ccc(OCC(O)COC(C)=O)cc2)cc1.CC[C@@H](O)COc1ccc(C(C)(C)c2ccc(OC[C@@H](O)COC(C)=O)cc2)cc1.CC[C@@H](O)COc1ccc(C(C)(C)c2ccc(OC[C@H](O)COC(C)=O)cc2)cc1.CC[C@H](O)COc1ccc(C(C)(C)c2ccc(OC[C@H](O)COC(C)=O)cc2)cc1. The Morgan fingerprint density at radius 2 is 0.317 bits per heavy atom. The van der Waals surface area contributed by atoms with Gasteiger partial charge in [-0.05, 0) is 167 Å². The smallest absolute Gasteiger partial charge is 0.302 e. The number of aliphatic hydroxyl groups excluding tert-OH is 8. The van der Waals surface area contributed by atoms with E-state index in [1.165, 1.54) is 27.7 Å². The molecule has 0 aliphatic rings. The van der Waals surface area contributed by atoms with Crippen molar-refractivity contribution in [2.24, 2.45) is 0 Å². The van der Waals surface area contributed by atoms with E-state index in [2.05, 4.69) is 55.4 Å². The van der Waals surface area contributed by atoms with Crippen molar-refractivity contribution in [1.29, 1.82) is 0 Å². The van der Waals surface area contributed by atoms with Crippen LogP contribution >= 0.6 is 0 Å². The molecule has 120 heavy (non-hydrogen) atoms. The molecule has 0 bridgehead atoms. The fraction of sp³-hybridized carbons (Fsp3) is 0.458. The molecule has 8 aromatic rings. The zero-order chi connectivity index (χ0) is 88.6. The summed E-state index contributed by atoms with van der Waals surface area (Å²) in [6, 6.07) is 62.4. The Hall–Kier alpha value is -10.3. The predicted octanol–water partition coefficient (Wildman–Crippen LogP) is 13.9. The van der Waals surface area contributed by atoms with Gasteiger partial charge in [0.1, 0.15) is 150 Å². The van der Waals surface area contributed by atoms with Crippen molar-refractivity contribution >= 4 is 23.9 Å². The highest BCUT2D eigenvalue weighted by atomic mass is 16.6. The molecule has 0 amide bonds. The molecule has 8 atom stereocenters. The van der Waals surface area contributed by atoms with Gasteiger partial charge in [-0.3, -0.25) is 19.2 Å². The van der Waals surface area contributed by atoms with Gasteiger partial charge in [0.15, 0.2) is 0 Å². The van der Waals surface area contributed by atoms with Crippen molar-refractivity contribution < 1.29 is 117 Å². The average Bonchev–Trinajstić information content (AvgIpc) is 0.819. The molecule has 24 nitrogen and oxygen atoms in total. The summed E-state index contributed by atoms with van der Waals surface area (Å²) in [6.07, 6.45) is -2.65. The van der Waals surface area contributed by atoms with Crippen molar-refractivity contribution in [2.75, 3.05) is 79.3 Å². The van der Waals surface area contributed by atoms with Crippen LogP contribution in [0.5, 0.6) is 46.0 Å². The van der Waals surface area contributed by atoms with E-state index < -0.39 is 72.7 Å². The van der Waals surface area contributed by atoms with E-state index in [0.29, 0.717) is 48.7 Å². The highest BCUT2D eigenvalue weighted by Gasteiger charge is 2.28. The third kappa shape index (κ3) is 35.6. The zero-order valence-corrected chi connectivity index (χ0v) is 72.5. The molecule has 0 fully saturated rings. The molecule has 0 saturated heterocycles. The maximum absolute atomic E-state index is 10.8. The van der Waals surface area contributed by atoms with Crippen LogP contribution in [0, 0.1) is 0 Å². The molecular weight excluding hydrogens is 1540 g/mol. The first-order valence-electron chi connectivity index (χ1n) is 40.7. The molecule has 0 saturated carbocycles. The number of aliphatic hydroxyl groups is 8. The summed E-state index contributed by atoms with van der Waals surface area (Å²) in [5, 5.41) is 77.6. The minimum absolute atomic E-state index is 0.0458. The minimum Gasteiger partial charge on any atom is -0.491 e. The lowest BCUT2D eigenvalue weighted by molar-refractivity contribution is -0.145. The summed E-state index contributed by atoms with van der Waals surface area (Å²) >= 11 is 0. The van der Waals surface area contributed by atoms with Crippen molar-refractivity contribution in [2.45, 2.75) is 207 Å². The van der Waals surface area contributed by atoms with Gasteiger partial charge < -0.3 is 97.7 Å². The van der Waals surface area contributed by atoms with Gasteiger partial charge in [-0.15, -0.1) is 0 Å². The van der Waals surface area contributed by atoms with Crippen LogP contribution < -0.4 is 37.9 Å². The number of hydrogen-bond donors (Lipinski definition) is 8. The van der Waals surface area contributed by atoms with E-state index in [1.807, 2.05) is 222 Å². The van der Waals surface area contributed by atoms with Gasteiger partial charge in [-0.2, -0.15) is 0 Å². The van der Waals surface area contributed by atoms with E-state index in [9.17, 15) is 60.0 Å². The molecule has 656 valence electrons. The normalized spacial score (nSPS) is 13.4. The predicted molar refractivity (Wildman–Crippen MR) is 460 cm³/mol. The Bertz CT molecular complexity index is 3680. The molecule has 8 rings (SSSR count). The highest BCUT2D eigenvalue weighted by Crippen LogP contribution is 2.38. The monoisotopic (exact) mass is 1660 g/mol. The lowest BCUT2D eigenvalue weighted by Gasteiger charge is -2.26. The van der Waals surface area contributed by atoms with Crippen molar-refractivity contribution in [3.63, 3.8) is 0 Å². The molecule has 0 radical (unpaired) electrons. The molecule has 0 aliphatic heterocycles. The molecular formula is C96H128O24. The van der Waals surface area contributed by atoms with Gasteiger partial charge in [-0.25, -0.2) is 0 Å². The Morgan fingerprint density at radius 1 is 0.208 bits per heavy atom. The van der Waals surface area contributed by atoms with Crippen LogP contribution in [0.4, 0.5) is 0 Å². The molecule has 8 aromatic carbocycles. The Balaban J connectivity index is 0.000000285. The van der Waals surface area contributed by atoms with E-state index in [4.69, 9.17) is 56.8 Å². The lowest BCUT2D eigenvalue weighted by atomic mass is 9.78. The second-order valence-electron chi connectivity index (χ2n) is 31.3. The van der Waals surface area contributed by atoms with Gasteiger partial charge in [0.05, 0.1) is 24.4 Å². The average molecular weight is 1670 g/mol. The van der Waals surface area contributed by atoms with E-state index in [-0.39, 0.29) is 101 Å². The van der Waals surface area contributed by atoms with Crippen LogP contribution in [-0.4, -0.2) is 193 Å². The maximum Gasteiger partial charge on any atom is 0.302 e. The summed E-state index contributed by atoms with van der Waals surface area (Å²) < 4.78 is 63.7. The number of hydrogen-bond acceptors (Lipinski definition) is 24. The number of ether oxygens (including phenoxy) is 12. The first-order valence-corrected chi connectivity index (χ1v) is 40.7. The summed E-state index contributed by atoms with van der Waals surface area (Å²) in [4.78, 5) is 43.1. The van der Waals surface area contributed by atoms with Crippen molar-refractivity contribution in [1.82, 2.24) is 0 Å². The minimum atomic E-state index is -0.871. The second kappa shape index (κ2) is 50.7. The third-order valence-corrected chi connectivity index (χ3v) is 19.9. The molecule has 0 spiro atoms. The van der Waals surface area contributed by atoms with Crippen LogP contribution in [-0.2, 0) is 59.8 Å². The number of carbonyl (C=O) groups is 4.